The van der Waals surface area contributed by atoms with Gasteiger partial charge in [0.25, 0.3) is 0 Å². The third-order valence-electron chi connectivity index (χ3n) is 4.50. The number of methoxy groups -OCH3 is 1. The van der Waals surface area contributed by atoms with Crippen LogP contribution < -0.4 is 15.4 Å². The minimum atomic E-state index is -0.0600. The molecule has 0 bridgehead atoms. The molecule has 2 N–H and O–H groups in total. The molecule has 2 rings (SSSR count). The van der Waals surface area contributed by atoms with Crippen LogP contribution in [0.4, 0.5) is 5.69 Å². The predicted octanol–water partition coefficient (Wildman–Crippen LogP) is 2.12. The van der Waals surface area contributed by atoms with Gasteiger partial charge in [-0.1, -0.05) is 6.07 Å². The largest absolute Gasteiger partial charge is 0.493 e. The summed E-state index contributed by atoms with van der Waals surface area (Å²) in [6.07, 6.45) is 4.31. The standard InChI is InChI=1S/C21H34N4O4/c1-25(2)20(26)16-23-21(22-15-19-9-4-5-12-29-19)24-17-8-6-10-18(14-17)28-13-7-11-27-3/h6,8,10,14,19H,4-5,7,9,11-13,15-16H2,1-3H3,(H2,22,23,24). The fourth-order valence-corrected chi connectivity index (χ4v) is 2.80. The van der Waals surface area contributed by atoms with Gasteiger partial charge in [-0.05, 0) is 31.4 Å². The van der Waals surface area contributed by atoms with Gasteiger partial charge < -0.3 is 29.7 Å². The number of amides is 1. The summed E-state index contributed by atoms with van der Waals surface area (Å²) in [6, 6.07) is 7.67. The summed E-state index contributed by atoms with van der Waals surface area (Å²) in [5.41, 5.74) is 0.836. The summed E-state index contributed by atoms with van der Waals surface area (Å²) in [5, 5.41) is 6.56. The van der Waals surface area contributed by atoms with Crippen molar-refractivity contribution in [3.8, 4) is 5.75 Å². The molecule has 1 aromatic rings. The summed E-state index contributed by atoms with van der Waals surface area (Å²) < 4.78 is 16.6. The van der Waals surface area contributed by atoms with Crippen LogP contribution in [-0.4, -0.2) is 77.0 Å². The molecule has 1 aliphatic rings. The first kappa shape index (κ1) is 23.0. The van der Waals surface area contributed by atoms with Gasteiger partial charge >= 0.3 is 0 Å². The minimum Gasteiger partial charge on any atom is -0.493 e. The maximum Gasteiger partial charge on any atom is 0.243 e. The van der Waals surface area contributed by atoms with E-state index < -0.39 is 0 Å². The molecule has 0 radical (unpaired) electrons. The van der Waals surface area contributed by atoms with Crippen molar-refractivity contribution in [2.45, 2.75) is 31.8 Å². The first-order chi connectivity index (χ1) is 14.1. The third-order valence-corrected chi connectivity index (χ3v) is 4.50. The molecule has 1 amide bonds. The smallest absolute Gasteiger partial charge is 0.243 e. The highest BCUT2D eigenvalue weighted by atomic mass is 16.5. The maximum absolute atomic E-state index is 11.9. The maximum atomic E-state index is 11.9. The summed E-state index contributed by atoms with van der Waals surface area (Å²) in [7, 11) is 5.12. The van der Waals surface area contributed by atoms with Crippen LogP contribution in [0.3, 0.4) is 0 Å². The van der Waals surface area contributed by atoms with Crippen LogP contribution in [0.2, 0.25) is 0 Å². The van der Waals surface area contributed by atoms with E-state index in [4.69, 9.17) is 14.2 Å². The zero-order valence-electron chi connectivity index (χ0n) is 17.8. The van der Waals surface area contributed by atoms with Crippen LogP contribution in [-0.2, 0) is 14.3 Å². The highest BCUT2D eigenvalue weighted by Gasteiger charge is 2.14. The number of guanidine groups is 1. The molecule has 1 unspecified atom stereocenters. The van der Waals surface area contributed by atoms with Crippen LogP contribution in [0.1, 0.15) is 25.7 Å². The van der Waals surface area contributed by atoms with Gasteiger partial charge in [0.1, 0.15) is 12.3 Å². The van der Waals surface area contributed by atoms with Gasteiger partial charge in [-0.3, -0.25) is 4.79 Å². The summed E-state index contributed by atoms with van der Waals surface area (Å²) in [5.74, 6) is 1.26. The number of nitrogens with one attached hydrogen (secondary N) is 2. The number of anilines is 1. The monoisotopic (exact) mass is 406 g/mol. The van der Waals surface area contributed by atoms with E-state index in [0.29, 0.717) is 25.7 Å². The Balaban J connectivity index is 1.97. The predicted molar refractivity (Wildman–Crippen MR) is 115 cm³/mol. The second kappa shape index (κ2) is 13.0. The normalized spacial score (nSPS) is 16.9. The van der Waals surface area contributed by atoms with Crippen LogP contribution >= 0.6 is 0 Å². The van der Waals surface area contributed by atoms with E-state index in [9.17, 15) is 4.79 Å². The lowest BCUT2D eigenvalue weighted by Gasteiger charge is -2.24. The van der Waals surface area contributed by atoms with Gasteiger partial charge in [0.2, 0.25) is 5.91 Å². The van der Waals surface area contributed by atoms with Crippen molar-refractivity contribution in [2.24, 2.45) is 4.99 Å². The van der Waals surface area contributed by atoms with E-state index in [1.807, 2.05) is 24.3 Å². The molecular formula is C21H34N4O4. The van der Waals surface area contributed by atoms with E-state index in [-0.39, 0.29) is 18.6 Å². The molecule has 162 valence electrons. The fourth-order valence-electron chi connectivity index (χ4n) is 2.80. The Hall–Kier alpha value is -2.32. The molecule has 29 heavy (non-hydrogen) atoms. The Kier molecular flexibility index (Phi) is 10.3. The van der Waals surface area contributed by atoms with Crippen LogP contribution in [0.25, 0.3) is 0 Å². The van der Waals surface area contributed by atoms with Gasteiger partial charge in [-0.15, -0.1) is 0 Å². The van der Waals surface area contributed by atoms with Crippen molar-refractivity contribution in [1.29, 1.82) is 0 Å². The number of benzene rings is 1. The molecule has 1 aliphatic heterocycles. The van der Waals surface area contributed by atoms with Crippen molar-refractivity contribution in [2.75, 3.05) is 59.4 Å². The van der Waals surface area contributed by atoms with Crippen molar-refractivity contribution < 1.29 is 19.0 Å². The number of hydrogen-bond acceptors (Lipinski definition) is 5. The Morgan fingerprint density at radius 2 is 2.17 bits per heavy atom. The quantitative estimate of drug-likeness (QED) is 0.352. The molecule has 1 atom stereocenters. The zero-order valence-corrected chi connectivity index (χ0v) is 17.8. The van der Waals surface area contributed by atoms with Crippen LogP contribution in [0.5, 0.6) is 5.75 Å². The summed E-state index contributed by atoms with van der Waals surface area (Å²) >= 11 is 0. The number of likely N-dealkylation sites (N-methyl/N-ethyl adjacent to an activating group) is 1. The summed E-state index contributed by atoms with van der Waals surface area (Å²) in [4.78, 5) is 17.9. The molecule has 0 aromatic heterocycles. The number of nitrogens with zero attached hydrogens (tertiary/aromatic N) is 2. The number of carbonyl (C=O) groups is 1. The van der Waals surface area contributed by atoms with E-state index in [1.54, 1.807) is 21.2 Å². The lowest BCUT2D eigenvalue weighted by atomic mass is 10.1. The van der Waals surface area contributed by atoms with E-state index in [0.717, 1.165) is 37.3 Å². The van der Waals surface area contributed by atoms with Gasteiger partial charge in [0, 0.05) is 59.1 Å². The number of carbonyl (C=O) groups excluding carboxylic acids is 1. The molecule has 1 fully saturated rings. The van der Waals surface area contributed by atoms with Gasteiger partial charge in [-0.25, -0.2) is 4.99 Å². The summed E-state index contributed by atoms with van der Waals surface area (Å²) in [6.45, 7) is 2.78. The molecule has 0 spiro atoms. The first-order valence-corrected chi connectivity index (χ1v) is 10.2. The highest BCUT2D eigenvalue weighted by Crippen LogP contribution is 2.18. The molecule has 0 saturated carbocycles. The molecule has 0 aliphatic carbocycles. The molecule has 8 heteroatoms. The minimum absolute atomic E-state index is 0.0600. The Bertz CT molecular complexity index is 645. The number of hydrogen-bond donors (Lipinski definition) is 2. The van der Waals surface area contributed by atoms with Crippen molar-refractivity contribution in [3.05, 3.63) is 24.3 Å². The van der Waals surface area contributed by atoms with Crippen molar-refractivity contribution in [1.82, 2.24) is 10.2 Å². The number of ether oxygens (including phenoxy) is 3. The Morgan fingerprint density at radius 3 is 2.90 bits per heavy atom. The van der Waals surface area contributed by atoms with Gasteiger partial charge in [0.05, 0.1) is 12.7 Å². The second-order valence-electron chi connectivity index (χ2n) is 7.17. The van der Waals surface area contributed by atoms with Crippen molar-refractivity contribution >= 4 is 17.6 Å². The molecular weight excluding hydrogens is 372 g/mol. The van der Waals surface area contributed by atoms with Crippen LogP contribution in [0.15, 0.2) is 29.3 Å². The number of rotatable bonds is 10. The lowest BCUT2D eigenvalue weighted by molar-refractivity contribution is -0.127. The fraction of sp³-hybridized carbons (Fsp3) is 0.619. The average molecular weight is 407 g/mol. The van der Waals surface area contributed by atoms with Gasteiger partial charge in [-0.2, -0.15) is 0 Å². The van der Waals surface area contributed by atoms with E-state index in [2.05, 4.69) is 15.6 Å². The molecule has 8 nitrogen and oxygen atoms in total. The highest BCUT2D eigenvalue weighted by molar-refractivity contribution is 5.95. The molecule has 1 saturated heterocycles. The van der Waals surface area contributed by atoms with Crippen molar-refractivity contribution in [3.63, 3.8) is 0 Å². The molecule has 1 heterocycles. The second-order valence-corrected chi connectivity index (χ2v) is 7.17. The Labute approximate surface area is 173 Å². The van der Waals surface area contributed by atoms with E-state index in [1.165, 1.54) is 11.3 Å². The van der Waals surface area contributed by atoms with E-state index >= 15 is 0 Å². The first-order valence-electron chi connectivity index (χ1n) is 10.2. The average Bonchev–Trinajstić information content (AvgIpc) is 2.74. The SMILES string of the molecule is COCCCOc1cccc(NC(=NCC(=O)N(C)C)NCC2CCCCO2)c1. The van der Waals surface area contributed by atoms with Crippen LogP contribution in [0, 0.1) is 0 Å². The lowest BCUT2D eigenvalue weighted by Crippen LogP contribution is -2.39. The number of aliphatic imine (C=N–C) groups is 1. The molecule has 1 aromatic carbocycles. The topological polar surface area (TPSA) is 84.4 Å². The Morgan fingerprint density at radius 1 is 1.31 bits per heavy atom. The van der Waals surface area contributed by atoms with Gasteiger partial charge in [0.15, 0.2) is 5.96 Å². The third kappa shape index (κ3) is 9.15. The zero-order chi connectivity index (χ0) is 20.9.